The van der Waals surface area contributed by atoms with Crippen LogP contribution in [0, 0.1) is 0 Å². The maximum absolute atomic E-state index is 9.25. The summed E-state index contributed by atoms with van der Waals surface area (Å²) >= 11 is 1.63. The molecule has 0 aromatic carbocycles. The van der Waals surface area contributed by atoms with Gasteiger partial charge in [-0.05, 0) is 36.4 Å². The zero-order valence-electron chi connectivity index (χ0n) is 11.4. The molecular formula is C14H15N5OS. The van der Waals surface area contributed by atoms with Gasteiger partial charge >= 0.3 is 0 Å². The highest BCUT2D eigenvalue weighted by molar-refractivity contribution is 7.08. The molecule has 0 atom stereocenters. The number of aliphatic hydroxyl groups is 1. The average molecular weight is 301 g/mol. The summed E-state index contributed by atoms with van der Waals surface area (Å²) in [4.78, 5) is 2.16. The minimum atomic E-state index is 0.135. The highest BCUT2D eigenvalue weighted by Crippen LogP contribution is 2.30. The predicted octanol–water partition coefficient (Wildman–Crippen LogP) is 1.81. The van der Waals surface area contributed by atoms with Gasteiger partial charge in [-0.25, -0.2) is 0 Å². The molecule has 0 radical (unpaired) electrons. The Labute approximate surface area is 125 Å². The minimum Gasteiger partial charge on any atom is -0.395 e. The predicted molar refractivity (Wildman–Crippen MR) is 81.5 cm³/mol. The molecule has 6 nitrogen and oxygen atoms in total. The summed E-state index contributed by atoms with van der Waals surface area (Å²) in [6.45, 7) is 0.745. The molecule has 108 valence electrons. The van der Waals surface area contributed by atoms with Crippen molar-refractivity contribution >= 4 is 22.8 Å². The van der Waals surface area contributed by atoms with Gasteiger partial charge in [-0.1, -0.05) is 0 Å². The third kappa shape index (κ3) is 2.28. The van der Waals surface area contributed by atoms with Crippen molar-refractivity contribution in [3.05, 3.63) is 29.0 Å². The molecule has 1 fully saturated rings. The number of thiophene rings is 1. The van der Waals surface area contributed by atoms with Crippen molar-refractivity contribution in [1.82, 2.24) is 19.8 Å². The van der Waals surface area contributed by atoms with Crippen LogP contribution in [0.1, 0.15) is 12.8 Å². The summed E-state index contributed by atoms with van der Waals surface area (Å²) in [6, 6.07) is 6.40. The van der Waals surface area contributed by atoms with Crippen LogP contribution >= 0.6 is 11.3 Å². The number of hydrogen-bond donors (Lipinski definition) is 1. The number of aromatic nitrogens is 4. The van der Waals surface area contributed by atoms with E-state index in [-0.39, 0.29) is 6.61 Å². The van der Waals surface area contributed by atoms with E-state index >= 15 is 0 Å². The summed E-state index contributed by atoms with van der Waals surface area (Å²) < 4.78 is 1.78. The van der Waals surface area contributed by atoms with Crippen LogP contribution in [-0.4, -0.2) is 44.1 Å². The van der Waals surface area contributed by atoms with E-state index in [2.05, 4.69) is 20.2 Å². The van der Waals surface area contributed by atoms with Crippen molar-refractivity contribution in [1.29, 1.82) is 0 Å². The quantitative estimate of drug-likeness (QED) is 0.778. The van der Waals surface area contributed by atoms with Crippen LogP contribution in [0.25, 0.3) is 17.0 Å². The second kappa shape index (κ2) is 5.09. The van der Waals surface area contributed by atoms with Crippen LogP contribution in [0.15, 0.2) is 29.0 Å². The van der Waals surface area contributed by atoms with Crippen LogP contribution in [0.5, 0.6) is 0 Å². The Bertz CT molecular complexity index is 750. The number of rotatable bonds is 5. The summed E-state index contributed by atoms with van der Waals surface area (Å²) in [6.07, 6.45) is 2.33. The molecule has 0 aliphatic heterocycles. The Kier molecular flexibility index (Phi) is 3.08. The van der Waals surface area contributed by atoms with Crippen molar-refractivity contribution in [3.8, 4) is 11.4 Å². The largest absolute Gasteiger partial charge is 0.395 e. The average Bonchev–Trinajstić information content (AvgIpc) is 3.03. The Balaban J connectivity index is 1.79. The highest BCUT2D eigenvalue weighted by Gasteiger charge is 2.30. The van der Waals surface area contributed by atoms with E-state index in [1.54, 1.807) is 15.9 Å². The fourth-order valence-electron chi connectivity index (χ4n) is 2.48. The number of anilines is 1. The third-order valence-electron chi connectivity index (χ3n) is 3.65. The van der Waals surface area contributed by atoms with Crippen molar-refractivity contribution in [2.45, 2.75) is 18.9 Å². The second-order valence-corrected chi connectivity index (χ2v) is 5.93. The Hall–Kier alpha value is -1.99. The number of fused-ring (bicyclic) bond motifs is 1. The standard InChI is InChI=1S/C14H15N5OS/c20-7-6-18(11-1-2-11)13-4-3-12-15-16-14(19(12)17-13)10-5-8-21-9-10/h3-5,8-9,11,20H,1-2,6-7H2. The molecule has 0 unspecified atom stereocenters. The first-order valence-electron chi connectivity index (χ1n) is 6.99. The van der Waals surface area contributed by atoms with Gasteiger partial charge in [0.25, 0.3) is 0 Å². The Morgan fingerprint density at radius 3 is 2.90 bits per heavy atom. The second-order valence-electron chi connectivity index (χ2n) is 5.15. The molecule has 1 aliphatic carbocycles. The first kappa shape index (κ1) is 12.7. The fraction of sp³-hybridized carbons (Fsp3) is 0.357. The summed E-state index contributed by atoms with van der Waals surface area (Å²) in [5, 5.41) is 26.4. The van der Waals surface area contributed by atoms with Crippen molar-refractivity contribution in [2.75, 3.05) is 18.1 Å². The van der Waals surface area contributed by atoms with Gasteiger partial charge in [-0.15, -0.1) is 15.3 Å². The lowest BCUT2D eigenvalue weighted by Gasteiger charge is -2.22. The SMILES string of the molecule is OCCN(c1ccc2nnc(-c3ccsc3)n2n1)C1CC1. The van der Waals surface area contributed by atoms with Gasteiger partial charge in [-0.2, -0.15) is 15.9 Å². The summed E-state index contributed by atoms with van der Waals surface area (Å²) in [5.41, 5.74) is 1.76. The zero-order valence-corrected chi connectivity index (χ0v) is 12.2. The van der Waals surface area contributed by atoms with Gasteiger partial charge in [0.15, 0.2) is 11.5 Å². The summed E-state index contributed by atoms with van der Waals surface area (Å²) in [7, 11) is 0. The molecule has 0 bridgehead atoms. The molecule has 1 aliphatic rings. The maximum Gasteiger partial charge on any atom is 0.186 e. The normalized spacial score (nSPS) is 14.7. The molecule has 0 spiro atoms. The third-order valence-corrected chi connectivity index (χ3v) is 4.33. The van der Waals surface area contributed by atoms with E-state index in [1.807, 2.05) is 29.0 Å². The maximum atomic E-state index is 9.25. The molecule has 7 heteroatoms. The molecule has 1 saturated carbocycles. The van der Waals surface area contributed by atoms with E-state index in [9.17, 15) is 5.11 Å². The molecule has 3 aromatic heterocycles. The van der Waals surface area contributed by atoms with Gasteiger partial charge in [0, 0.05) is 23.5 Å². The van der Waals surface area contributed by atoms with Gasteiger partial charge in [0.1, 0.15) is 5.82 Å². The smallest absolute Gasteiger partial charge is 0.186 e. The molecule has 21 heavy (non-hydrogen) atoms. The van der Waals surface area contributed by atoms with Crippen LogP contribution in [-0.2, 0) is 0 Å². The van der Waals surface area contributed by atoms with Gasteiger partial charge in [-0.3, -0.25) is 0 Å². The van der Waals surface area contributed by atoms with Crippen LogP contribution < -0.4 is 4.90 Å². The lowest BCUT2D eigenvalue weighted by atomic mass is 10.3. The topological polar surface area (TPSA) is 66.5 Å². The number of aliphatic hydroxyl groups excluding tert-OH is 1. The van der Waals surface area contributed by atoms with Crippen molar-refractivity contribution in [2.24, 2.45) is 0 Å². The zero-order chi connectivity index (χ0) is 14.2. The number of hydrogen-bond acceptors (Lipinski definition) is 6. The Morgan fingerprint density at radius 1 is 1.29 bits per heavy atom. The molecule has 0 amide bonds. The molecular weight excluding hydrogens is 286 g/mol. The number of nitrogens with zero attached hydrogens (tertiary/aromatic N) is 5. The lowest BCUT2D eigenvalue weighted by Crippen LogP contribution is -2.30. The van der Waals surface area contributed by atoms with E-state index < -0.39 is 0 Å². The minimum absolute atomic E-state index is 0.135. The van der Waals surface area contributed by atoms with Gasteiger partial charge in [0.2, 0.25) is 0 Å². The van der Waals surface area contributed by atoms with Crippen LogP contribution in [0.4, 0.5) is 5.82 Å². The van der Waals surface area contributed by atoms with Gasteiger partial charge < -0.3 is 10.0 Å². The lowest BCUT2D eigenvalue weighted by molar-refractivity contribution is 0.301. The van der Waals surface area contributed by atoms with E-state index in [4.69, 9.17) is 0 Å². The first-order valence-corrected chi connectivity index (χ1v) is 7.93. The molecule has 3 heterocycles. The van der Waals surface area contributed by atoms with Crippen LogP contribution in [0.3, 0.4) is 0 Å². The summed E-state index contributed by atoms with van der Waals surface area (Å²) in [5.74, 6) is 1.63. The van der Waals surface area contributed by atoms with Crippen LogP contribution in [0.2, 0.25) is 0 Å². The van der Waals surface area contributed by atoms with Crippen molar-refractivity contribution < 1.29 is 5.11 Å². The van der Waals surface area contributed by atoms with Gasteiger partial charge in [0.05, 0.1) is 6.61 Å². The van der Waals surface area contributed by atoms with Crippen molar-refractivity contribution in [3.63, 3.8) is 0 Å². The van der Waals surface area contributed by atoms with E-state index in [1.165, 1.54) is 12.8 Å². The van der Waals surface area contributed by atoms with E-state index in [0.29, 0.717) is 12.6 Å². The van der Waals surface area contributed by atoms with E-state index in [0.717, 1.165) is 22.9 Å². The first-order chi connectivity index (χ1) is 10.4. The molecule has 1 N–H and O–H groups in total. The highest BCUT2D eigenvalue weighted by atomic mass is 32.1. The molecule has 4 rings (SSSR count). The monoisotopic (exact) mass is 301 g/mol. The molecule has 3 aromatic rings. The Morgan fingerprint density at radius 2 is 2.19 bits per heavy atom. The fourth-order valence-corrected chi connectivity index (χ4v) is 3.12. The molecule has 0 saturated heterocycles.